The van der Waals surface area contributed by atoms with Crippen molar-refractivity contribution in [1.29, 1.82) is 0 Å². The Morgan fingerprint density at radius 2 is 1.58 bits per heavy atom. The average Bonchev–Trinajstić information content (AvgIpc) is 2.94. The maximum atomic E-state index is 14.2. The van der Waals surface area contributed by atoms with Crippen molar-refractivity contribution in [2.24, 2.45) is 0 Å². The molecule has 0 aliphatic rings. The highest BCUT2D eigenvalue weighted by atomic mass is 35.5. The first kappa shape index (κ1) is 34.4. The molecule has 3 rings (SSSR count). The van der Waals surface area contributed by atoms with Crippen LogP contribution in [-0.2, 0) is 38.0 Å². The molecule has 7 nitrogen and oxygen atoms in total. The van der Waals surface area contributed by atoms with Crippen LogP contribution < -0.4 is 9.62 Å². The molecule has 0 radical (unpaired) electrons. The summed E-state index contributed by atoms with van der Waals surface area (Å²) in [5.74, 6) is -0.881. The zero-order chi connectivity index (χ0) is 31.9. The summed E-state index contributed by atoms with van der Waals surface area (Å²) in [4.78, 5) is 29.4. The lowest BCUT2D eigenvalue weighted by Gasteiger charge is -2.34. The molecule has 0 saturated heterocycles. The van der Waals surface area contributed by atoms with Crippen molar-refractivity contribution in [2.45, 2.75) is 71.5 Å². The van der Waals surface area contributed by atoms with E-state index in [-0.39, 0.29) is 30.3 Å². The molecule has 232 valence electrons. The van der Waals surface area contributed by atoms with Crippen LogP contribution in [0, 0.1) is 0 Å². The molecule has 0 heterocycles. The van der Waals surface area contributed by atoms with Crippen molar-refractivity contribution in [3.63, 3.8) is 0 Å². The predicted molar refractivity (Wildman–Crippen MR) is 176 cm³/mol. The number of carbonyl (C=O) groups is 2. The van der Waals surface area contributed by atoms with Crippen LogP contribution in [0.15, 0.2) is 72.8 Å². The van der Waals surface area contributed by atoms with Crippen LogP contribution in [0.1, 0.15) is 57.7 Å². The van der Waals surface area contributed by atoms with Crippen molar-refractivity contribution in [1.82, 2.24) is 10.2 Å². The number of halogens is 2. The highest BCUT2D eigenvalue weighted by Crippen LogP contribution is 2.28. The summed E-state index contributed by atoms with van der Waals surface area (Å²) in [6.07, 6.45) is 1.99. The Bertz CT molecular complexity index is 1510. The van der Waals surface area contributed by atoms with Crippen LogP contribution in [0.4, 0.5) is 5.69 Å². The molecule has 0 fully saturated rings. The Morgan fingerprint density at radius 1 is 0.953 bits per heavy atom. The highest BCUT2D eigenvalue weighted by Gasteiger charge is 2.34. The monoisotopic (exact) mass is 645 g/mol. The summed E-state index contributed by atoms with van der Waals surface area (Å²) in [7, 11) is -3.87. The minimum absolute atomic E-state index is 0.0270. The van der Waals surface area contributed by atoms with E-state index >= 15 is 0 Å². The summed E-state index contributed by atoms with van der Waals surface area (Å²) < 4.78 is 27.2. The van der Waals surface area contributed by atoms with Crippen molar-refractivity contribution >= 4 is 50.7 Å². The molecule has 0 saturated carbocycles. The minimum atomic E-state index is -3.87. The van der Waals surface area contributed by atoms with E-state index in [1.807, 2.05) is 56.3 Å². The second kappa shape index (κ2) is 14.6. The summed E-state index contributed by atoms with van der Waals surface area (Å²) in [6.45, 7) is 9.53. The van der Waals surface area contributed by atoms with Gasteiger partial charge in [0.25, 0.3) is 0 Å². The van der Waals surface area contributed by atoms with Gasteiger partial charge in [-0.1, -0.05) is 99.4 Å². The van der Waals surface area contributed by atoms with Gasteiger partial charge in [0.2, 0.25) is 21.8 Å². The second-order valence-electron chi connectivity index (χ2n) is 11.8. The Morgan fingerprint density at radius 3 is 2.12 bits per heavy atom. The van der Waals surface area contributed by atoms with Gasteiger partial charge in [0.05, 0.1) is 11.9 Å². The van der Waals surface area contributed by atoms with Gasteiger partial charge in [0.1, 0.15) is 12.6 Å². The molecule has 2 unspecified atom stereocenters. The maximum absolute atomic E-state index is 14.2. The largest absolute Gasteiger partial charge is 0.352 e. The molecule has 0 aromatic heterocycles. The van der Waals surface area contributed by atoms with E-state index in [1.54, 1.807) is 30.3 Å². The van der Waals surface area contributed by atoms with Crippen LogP contribution in [-0.4, -0.2) is 50.0 Å². The molecular formula is C33H41Cl2N3O4S. The first-order chi connectivity index (χ1) is 20.1. The number of nitrogens with zero attached hydrogens (tertiary/aromatic N) is 2. The number of sulfonamides is 1. The molecule has 43 heavy (non-hydrogen) atoms. The number of amides is 2. The number of carbonyl (C=O) groups excluding carboxylic acids is 2. The summed E-state index contributed by atoms with van der Waals surface area (Å²) in [6, 6.07) is 20.4. The van der Waals surface area contributed by atoms with Crippen LogP contribution in [0.2, 0.25) is 10.0 Å². The van der Waals surface area contributed by atoms with E-state index in [9.17, 15) is 18.0 Å². The zero-order valence-corrected chi connectivity index (χ0v) is 27.9. The Labute approximate surface area is 266 Å². The van der Waals surface area contributed by atoms with Gasteiger partial charge >= 0.3 is 0 Å². The molecule has 0 bridgehead atoms. The van der Waals surface area contributed by atoms with Gasteiger partial charge in [-0.2, -0.15) is 0 Å². The molecule has 10 heteroatoms. The van der Waals surface area contributed by atoms with Crippen LogP contribution in [0.3, 0.4) is 0 Å². The van der Waals surface area contributed by atoms with Gasteiger partial charge < -0.3 is 10.2 Å². The molecule has 1 N–H and O–H groups in total. The SMILES string of the molecule is CCC(C)NC(=O)C(Cc1ccccc1)N(Cc1ccc(Cl)cc1Cl)C(=O)CN(c1ccc(C(C)(C)C)cc1)S(C)(=O)=O. The zero-order valence-electron chi connectivity index (χ0n) is 25.6. The van der Waals surface area contributed by atoms with Crippen LogP contribution >= 0.6 is 23.2 Å². The van der Waals surface area contributed by atoms with E-state index in [0.29, 0.717) is 27.7 Å². The molecular weight excluding hydrogens is 605 g/mol. The lowest BCUT2D eigenvalue weighted by molar-refractivity contribution is -0.140. The Kier molecular flexibility index (Phi) is 11.7. The van der Waals surface area contributed by atoms with Crippen molar-refractivity contribution in [3.8, 4) is 0 Å². The van der Waals surface area contributed by atoms with Crippen LogP contribution in [0.25, 0.3) is 0 Å². The third kappa shape index (κ3) is 9.71. The number of hydrogen-bond acceptors (Lipinski definition) is 4. The summed E-state index contributed by atoms with van der Waals surface area (Å²) in [5, 5.41) is 3.78. The third-order valence-electron chi connectivity index (χ3n) is 7.33. The normalized spacial score (nSPS) is 13.2. The van der Waals surface area contributed by atoms with Gasteiger partial charge in [-0.05, 0) is 59.7 Å². The van der Waals surface area contributed by atoms with Gasteiger partial charge in [0, 0.05) is 29.1 Å². The van der Waals surface area contributed by atoms with E-state index in [2.05, 4.69) is 26.1 Å². The number of rotatable bonds is 12. The summed E-state index contributed by atoms with van der Waals surface area (Å²) in [5.41, 5.74) is 2.68. The van der Waals surface area contributed by atoms with Crippen molar-refractivity contribution in [3.05, 3.63) is 99.5 Å². The topological polar surface area (TPSA) is 86.8 Å². The van der Waals surface area contributed by atoms with Gasteiger partial charge in [-0.15, -0.1) is 0 Å². The molecule has 2 amide bonds. The standard InChI is InChI=1S/C33H41Cl2N3O4S/c1-7-23(2)36-32(40)30(19-24-11-9-8-10-12-24)37(21-25-13-16-27(34)20-29(25)35)31(39)22-38(43(6,41)42)28-17-14-26(15-18-28)33(3,4)5/h8-18,20,23,30H,7,19,21-22H2,1-6H3,(H,36,40). The fourth-order valence-electron chi connectivity index (χ4n) is 4.57. The number of anilines is 1. The van der Waals surface area contributed by atoms with Crippen molar-refractivity contribution < 1.29 is 18.0 Å². The molecule has 0 aliphatic carbocycles. The maximum Gasteiger partial charge on any atom is 0.244 e. The number of benzene rings is 3. The van der Waals surface area contributed by atoms with E-state index in [1.165, 1.54) is 4.90 Å². The molecule has 3 aromatic carbocycles. The van der Waals surface area contributed by atoms with E-state index < -0.39 is 28.5 Å². The number of hydrogen-bond donors (Lipinski definition) is 1. The van der Waals surface area contributed by atoms with E-state index in [4.69, 9.17) is 23.2 Å². The van der Waals surface area contributed by atoms with Gasteiger partial charge in [-0.25, -0.2) is 8.42 Å². The lowest BCUT2D eigenvalue weighted by Crippen LogP contribution is -2.54. The Balaban J connectivity index is 2.08. The smallest absolute Gasteiger partial charge is 0.244 e. The first-order valence-corrected chi connectivity index (χ1v) is 16.9. The third-order valence-corrected chi connectivity index (χ3v) is 9.06. The highest BCUT2D eigenvalue weighted by molar-refractivity contribution is 7.92. The average molecular weight is 647 g/mol. The molecule has 2 atom stereocenters. The van der Waals surface area contributed by atoms with Gasteiger partial charge in [-0.3, -0.25) is 13.9 Å². The predicted octanol–water partition coefficient (Wildman–Crippen LogP) is 6.61. The fourth-order valence-corrected chi connectivity index (χ4v) is 5.89. The Hall–Kier alpha value is -3.07. The summed E-state index contributed by atoms with van der Waals surface area (Å²) >= 11 is 12.7. The first-order valence-electron chi connectivity index (χ1n) is 14.3. The lowest BCUT2D eigenvalue weighted by atomic mass is 9.87. The molecule has 0 aliphatic heterocycles. The van der Waals surface area contributed by atoms with Crippen LogP contribution in [0.5, 0.6) is 0 Å². The second-order valence-corrected chi connectivity index (χ2v) is 14.6. The number of nitrogens with one attached hydrogen (secondary N) is 1. The van der Waals surface area contributed by atoms with Crippen molar-refractivity contribution in [2.75, 3.05) is 17.1 Å². The van der Waals surface area contributed by atoms with Gasteiger partial charge in [0.15, 0.2) is 0 Å². The fraction of sp³-hybridized carbons (Fsp3) is 0.394. The molecule has 0 spiro atoms. The van der Waals surface area contributed by atoms with E-state index in [0.717, 1.165) is 21.7 Å². The quantitative estimate of drug-likeness (QED) is 0.240. The minimum Gasteiger partial charge on any atom is -0.352 e. The molecule has 3 aromatic rings.